The Bertz CT molecular complexity index is 981. The van der Waals surface area contributed by atoms with Crippen molar-refractivity contribution in [2.45, 2.75) is 39.9 Å². The molecule has 0 saturated carbocycles. The molecule has 0 fully saturated rings. The number of carboxylic acid groups (broad SMARTS) is 1. The summed E-state index contributed by atoms with van der Waals surface area (Å²) in [4.78, 5) is 16.7. The topological polar surface area (TPSA) is 59.4 Å². The van der Waals surface area contributed by atoms with Gasteiger partial charge in [0.1, 0.15) is 0 Å². The minimum Gasteiger partial charge on any atom is -0.479 e. The molecule has 0 aliphatic carbocycles. The van der Waals surface area contributed by atoms with Crippen LogP contribution in [0.15, 0.2) is 29.0 Å². The first-order valence-corrected chi connectivity index (χ1v) is 9.62. The van der Waals surface area contributed by atoms with Crippen molar-refractivity contribution in [3.05, 3.63) is 50.8 Å². The molecule has 2 aromatic heterocycles. The van der Waals surface area contributed by atoms with E-state index in [0.717, 1.165) is 27.6 Å². The van der Waals surface area contributed by atoms with Gasteiger partial charge in [-0.2, -0.15) is 11.3 Å². The Morgan fingerprint density at radius 2 is 2.00 bits per heavy atom. The standard InChI is InChI=1S/C20H20ClNO3S/c1-10(2)25-19(20(23)24)17-12(4)22-16-6-5-13(21)7-14(16)18(17)15-9-26-8-11(15)3/h5-10,19H,1-4H3,(H,23,24). The average molecular weight is 390 g/mol. The maximum absolute atomic E-state index is 12.0. The number of benzene rings is 1. The number of aliphatic carboxylic acids is 1. The summed E-state index contributed by atoms with van der Waals surface area (Å²) >= 11 is 7.82. The summed E-state index contributed by atoms with van der Waals surface area (Å²) in [5.41, 5.74) is 4.92. The Morgan fingerprint density at radius 1 is 1.27 bits per heavy atom. The molecule has 6 heteroatoms. The number of carboxylic acids is 1. The largest absolute Gasteiger partial charge is 0.479 e. The lowest BCUT2D eigenvalue weighted by Gasteiger charge is -2.23. The van der Waals surface area contributed by atoms with Gasteiger partial charge in [-0.1, -0.05) is 11.6 Å². The highest BCUT2D eigenvalue weighted by Crippen LogP contribution is 2.41. The van der Waals surface area contributed by atoms with Gasteiger partial charge < -0.3 is 9.84 Å². The third-order valence-corrected chi connectivity index (χ3v) is 5.29. The molecule has 1 N–H and O–H groups in total. The van der Waals surface area contributed by atoms with Crippen molar-refractivity contribution in [1.29, 1.82) is 0 Å². The summed E-state index contributed by atoms with van der Waals surface area (Å²) in [6, 6.07) is 5.49. The molecular weight excluding hydrogens is 370 g/mol. The third kappa shape index (κ3) is 3.47. The number of hydrogen-bond acceptors (Lipinski definition) is 4. The molecule has 136 valence electrons. The Balaban J connectivity index is 2.43. The number of rotatable bonds is 5. The molecule has 0 radical (unpaired) electrons. The number of ether oxygens (including phenoxy) is 1. The van der Waals surface area contributed by atoms with Crippen molar-refractivity contribution in [1.82, 2.24) is 4.98 Å². The Kier molecular flexibility index (Phi) is 5.32. The minimum absolute atomic E-state index is 0.234. The van der Waals surface area contributed by atoms with E-state index in [1.54, 1.807) is 17.4 Å². The van der Waals surface area contributed by atoms with Gasteiger partial charge in [0.05, 0.1) is 11.6 Å². The van der Waals surface area contributed by atoms with Crippen LogP contribution in [0.25, 0.3) is 22.0 Å². The number of carbonyl (C=O) groups is 1. The number of aromatic nitrogens is 1. The SMILES string of the molecule is Cc1cscc1-c1c(C(OC(C)C)C(=O)O)c(C)nc2ccc(Cl)cc12. The number of nitrogens with zero attached hydrogens (tertiary/aromatic N) is 1. The van der Waals surface area contributed by atoms with Gasteiger partial charge in [0.2, 0.25) is 0 Å². The molecule has 0 aliphatic heterocycles. The summed E-state index contributed by atoms with van der Waals surface area (Å²) in [6.07, 6.45) is -1.33. The average Bonchev–Trinajstić information content (AvgIpc) is 2.97. The minimum atomic E-state index is -1.10. The highest BCUT2D eigenvalue weighted by atomic mass is 35.5. The molecule has 3 aromatic rings. The number of aryl methyl sites for hydroxylation is 2. The summed E-state index contributed by atoms with van der Waals surface area (Å²) in [5.74, 6) is -1.03. The molecule has 1 aromatic carbocycles. The monoisotopic (exact) mass is 389 g/mol. The lowest BCUT2D eigenvalue weighted by atomic mass is 9.91. The lowest BCUT2D eigenvalue weighted by Crippen LogP contribution is -2.21. The van der Waals surface area contributed by atoms with Gasteiger partial charge >= 0.3 is 5.97 Å². The van der Waals surface area contributed by atoms with Crippen molar-refractivity contribution in [2.75, 3.05) is 0 Å². The van der Waals surface area contributed by atoms with E-state index >= 15 is 0 Å². The molecule has 0 spiro atoms. The van der Waals surface area contributed by atoms with E-state index in [2.05, 4.69) is 4.98 Å². The first-order valence-electron chi connectivity index (χ1n) is 8.30. The predicted molar refractivity (Wildman–Crippen MR) is 106 cm³/mol. The molecule has 0 saturated heterocycles. The van der Waals surface area contributed by atoms with Crippen molar-refractivity contribution in [3.63, 3.8) is 0 Å². The van der Waals surface area contributed by atoms with Crippen LogP contribution >= 0.6 is 22.9 Å². The van der Waals surface area contributed by atoms with E-state index in [1.807, 2.05) is 50.6 Å². The van der Waals surface area contributed by atoms with E-state index in [0.29, 0.717) is 16.3 Å². The van der Waals surface area contributed by atoms with Gasteiger partial charge in [-0.05, 0) is 67.8 Å². The highest BCUT2D eigenvalue weighted by Gasteiger charge is 2.30. The van der Waals surface area contributed by atoms with Crippen molar-refractivity contribution in [2.24, 2.45) is 0 Å². The molecule has 4 nitrogen and oxygen atoms in total. The zero-order valence-corrected chi connectivity index (χ0v) is 16.6. The second-order valence-corrected chi connectivity index (χ2v) is 7.70. The van der Waals surface area contributed by atoms with Crippen LogP contribution in [-0.2, 0) is 9.53 Å². The van der Waals surface area contributed by atoms with Crippen LogP contribution in [0.2, 0.25) is 5.02 Å². The first kappa shape index (κ1) is 18.8. The van der Waals surface area contributed by atoms with Crippen LogP contribution in [-0.4, -0.2) is 22.2 Å². The smallest absolute Gasteiger partial charge is 0.337 e. The van der Waals surface area contributed by atoms with Gasteiger partial charge in [0.15, 0.2) is 6.10 Å². The quantitative estimate of drug-likeness (QED) is 0.600. The molecule has 0 amide bonds. The fourth-order valence-electron chi connectivity index (χ4n) is 3.12. The van der Waals surface area contributed by atoms with Gasteiger partial charge in [-0.15, -0.1) is 0 Å². The van der Waals surface area contributed by atoms with E-state index < -0.39 is 12.1 Å². The van der Waals surface area contributed by atoms with Crippen molar-refractivity contribution >= 4 is 39.8 Å². The van der Waals surface area contributed by atoms with E-state index in [4.69, 9.17) is 16.3 Å². The second-order valence-electron chi connectivity index (χ2n) is 6.52. The Morgan fingerprint density at radius 3 is 2.58 bits per heavy atom. The zero-order chi connectivity index (χ0) is 19.0. The fraction of sp³-hybridized carbons (Fsp3) is 0.300. The van der Waals surface area contributed by atoms with Crippen LogP contribution in [0.5, 0.6) is 0 Å². The van der Waals surface area contributed by atoms with Crippen LogP contribution in [0.4, 0.5) is 0 Å². The number of thiophene rings is 1. The van der Waals surface area contributed by atoms with E-state index in [1.165, 1.54) is 0 Å². The highest BCUT2D eigenvalue weighted by molar-refractivity contribution is 7.08. The van der Waals surface area contributed by atoms with Gasteiger partial charge in [0, 0.05) is 27.2 Å². The lowest BCUT2D eigenvalue weighted by molar-refractivity contribution is -0.153. The number of pyridine rings is 1. The van der Waals surface area contributed by atoms with E-state index in [9.17, 15) is 9.90 Å². The summed E-state index contributed by atoms with van der Waals surface area (Å²) < 4.78 is 5.77. The zero-order valence-electron chi connectivity index (χ0n) is 15.0. The van der Waals surface area contributed by atoms with Gasteiger partial charge in [-0.3, -0.25) is 4.98 Å². The maximum Gasteiger partial charge on any atom is 0.337 e. The fourth-order valence-corrected chi connectivity index (χ4v) is 4.13. The molecule has 0 bridgehead atoms. The molecule has 1 atom stereocenters. The van der Waals surface area contributed by atoms with Crippen LogP contribution in [0, 0.1) is 13.8 Å². The summed E-state index contributed by atoms with van der Waals surface area (Å²) in [7, 11) is 0. The molecule has 1 unspecified atom stereocenters. The number of hydrogen-bond donors (Lipinski definition) is 1. The van der Waals surface area contributed by atoms with Crippen LogP contribution < -0.4 is 0 Å². The Hall–Kier alpha value is -1.95. The Labute approximate surface area is 161 Å². The van der Waals surface area contributed by atoms with Gasteiger partial charge in [-0.25, -0.2) is 4.79 Å². The van der Waals surface area contributed by atoms with Crippen molar-refractivity contribution in [3.8, 4) is 11.1 Å². The first-order chi connectivity index (χ1) is 12.3. The molecule has 0 aliphatic rings. The van der Waals surface area contributed by atoms with Crippen LogP contribution in [0.1, 0.15) is 36.8 Å². The number of halogens is 1. The summed E-state index contributed by atoms with van der Waals surface area (Å²) in [5, 5.41) is 15.3. The van der Waals surface area contributed by atoms with Crippen LogP contribution in [0.3, 0.4) is 0 Å². The maximum atomic E-state index is 12.0. The number of fused-ring (bicyclic) bond motifs is 1. The molecule has 2 heterocycles. The molecule has 26 heavy (non-hydrogen) atoms. The predicted octanol–water partition coefficient (Wildman–Crippen LogP) is 5.78. The summed E-state index contributed by atoms with van der Waals surface area (Å²) in [6.45, 7) is 7.49. The third-order valence-electron chi connectivity index (χ3n) is 4.19. The molecule has 3 rings (SSSR count). The second kappa shape index (κ2) is 7.35. The normalized spacial score (nSPS) is 12.7. The molecular formula is C20H20ClNO3S. The van der Waals surface area contributed by atoms with Crippen molar-refractivity contribution < 1.29 is 14.6 Å². The van der Waals surface area contributed by atoms with E-state index in [-0.39, 0.29) is 6.10 Å². The van der Waals surface area contributed by atoms with Gasteiger partial charge in [0.25, 0.3) is 0 Å².